The number of rotatable bonds is 5. The molecule has 2 heterocycles. The van der Waals surface area contributed by atoms with Crippen LogP contribution in [0.4, 0.5) is 17.2 Å². The van der Waals surface area contributed by atoms with Crippen molar-refractivity contribution in [3.05, 3.63) is 42.2 Å². The van der Waals surface area contributed by atoms with E-state index in [1.165, 1.54) is 0 Å². The highest BCUT2D eigenvalue weighted by Gasteiger charge is 2.24. The van der Waals surface area contributed by atoms with Crippen molar-refractivity contribution >= 4 is 22.8 Å². The monoisotopic (exact) mass is 380 g/mol. The average molecular weight is 380 g/mol. The molecule has 1 aromatic carbocycles. The van der Waals surface area contributed by atoms with E-state index in [2.05, 4.69) is 29.5 Å². The van der Waals surface area contributed by atoms with Gasteiger partial charge in [-0.1, -0.05) is 13.8 Å². The molecule has 1 aliphatic rings. The lowest BCUT2D eigenvalue weighted by Gasteiger charge is -2.29. The number of fused-ring (bicyclic) bond motifs is 1. The van der Waals surface area contributed by atoms with E-state index in [1.54, 1.807) is 18.3 Å². The van der Waals surface area contributed by atoms with Gasteiger partial charge >= 0.3 is 0 Å². The molecule has 148 valence electrons. The molecule has 7 heteroatoms. The summed E-state index contributed by atoms with van der Waals surface area (Å²) in [6, 6.07) is 7.76. The topological polar surface area (TPSA) is 100 Å². The molecule has 3 aromatic rings. The first kappa shape index (κ1) is 18.6. The number of phenols is 1. The summed E-state index contributed by atoms with van der Waals surface area (Å²) in [6.45, 7) is 4.33. The average Bonchev–Trinajstić information content (AvgIpc) is 3.13. The third-order valence-corrected chi connectivity index (χ3v) is 5.40. The van der Waals surface area contributed by atoms with E-state index in [4.69, 9.17) is 10.8 Å². The first-order valence-electron chi connectivity index (χ1n) is 9.96. The lowest BCUT2D eigenvalue weighted by Crippen LogP contribution is -2.33. The molecule has 28 heavy (non-hydrogen) atoms. The van der Waals surface area contributed by atoms with Gasteiger partial charge in [0.05, 0.1) is 5.69 Å². The summed E-state index contributed by atoms with van der Waals surface area (Å²) in [4.78, 5) is 4.52. The van der Waals surface area contributed by atoms with Crippen molar-refractivity contribution in [3.8, 4) is 5.75 Å². The van der Waals surface area contributed by atoms with E-state index in [-0.39, 0.29) is 11.7 Å². The second kappa shape index (κ2) is 7.67. The van der Waals surface area contributed by atoms with Crippen LogP contribution >= 0.6 is 0 Å². The van der Waals surface area contributed by atoms with Crippen LogP contribution in [0.15, 0.2) is 36.7 Å². The van der Waals surface area contributed by atoms with Crippen LogP contribution in [-0.2, 0) is 0 Å². The number of hydrogen-bond acceptors (Lipinski definition) is 6. The highest BCUT2D eigenvalue weighted by Crippen LogP contribution is 2.36. The highest BCUT2D eigenvalue weighted by molar-refractivity contribution is 5.81. The fourth-order valence-electron chi connectivity index (χ4n) is 3.90. The molecule has 0 aliphatic heterocycles. The molecular formula is C21H28N6O. The summed E-state index contributed by atoms with van der Waals surface area (Å²) in [7, 11) is 0. The Balaban J connectivity index is 1.74. The Bertz CT molecular complexity index is 941. The van der Waals surface area contributed by atoms with Gasteiger partial charge in [0.15, 0.2) is 11.5 Å². The summed E-state index contributed by atoms with van der Waals surface area (Å²) in [5.41, 5.74) is 9.80. The molecule has 1 aliphatic carbocycles. The minimum absolute atomic E-state index is 0.244. The van der Waals surface area contributed by atoms with Crippen LogP contribution in [-0.4, -0.2) is 31.8 Å². The normalized spacial score (nSPS) is 19.9. The van der Waals surface area contributed by atoms with Gasteiger partial charge < -0.3 is 21.5 Å². The molecule has 1 saturated carbocycles. The van der Waals surface area contributed by atoms with Gasteiger partial charge in [0, 0.05) is 35.7 Å². The Morgan fingerprint density at radius 2 is 1.86 bits per heavy atom. The van der Waals surface area contributed by atoms with Crippen molar-refractivity contribution in [2.24, 2.45) is 5.73 Å². The molecule has 5 N–H and O–H groups in total. The Morgan fingerprint density at radius 3 is 2.54 bits per heavy atom. The number of hydrogen-bond donors (Lipinski definition) is 4. The Morgan fingerprint density at radius 1 is 1.14 bits per heavy atom. The van der Waals surface area contributed by atoms with E-state index in [1.807, 2.05) is 22.8 Å². The van der Waals surface area contributed by atoms with Gasteiger partial charge in [0.25, 0.3) is 0 Å². The third-order valence-electron chi connectivity index (χ3n) is 5.40. The maximum atomic E-state index is 9.58. The molecule has 0 atom stereocenters. The second-order valence-electron chi connectivity index (χ2n) is 7.92. The van der Waals surface area contributed by atoms with Crippen LogP contribution in [0.5, 0.6) is 5.75 Å². The van der Waals surface area contributed by atoms with Crippen LogP contribution < -0.4 is 16.4 Å². The molecule has 7 nitrogen and oxygen atoms in total. The van der Waals surface area contributed by atoms with Crippen LogP contribution in [0.2, 0.25) is 0 Å². The predicted molar refractivity (Wildman–Crippen MR) is 112 cm³/mol. The lowest BCUT2D eigenvalue weighted by molar-refractivity contribution is 0.410. The van der Waals surface area contributed by atoms with Crippen LogP contribution in [0.25, 0.3) is 5.65 Å². The smallest absolute Gasteiger partial charge is 0.177 e. The van der Waals surface area contributed by atoms with Gasteiger partial charge in [-0.2, -0.15) is 0 Å². The van der Waals surface area contributed by atoms with Crippen molar-refractivity contribution in [1.82, 2.24) is 14.6 Å². The minimum Gasteiger partial charge on any atom is -0.508 e. The number of nitrogens with one attached hydrogen (secondary N) is 2. The molecular weight excluding hydrogens is 352 g/mol. The second-order valence-corrected chi connectivity index (χ2v) is 7.92. The van der Waals surface area contributed by atoms with Crippen LogP contribution in [0.1, 0.15) is 51.0 Å². The van der Waals surface area contributed by atoms with Crippen molar-refractivity contribution in [2.45, 2.75) is 57.5 Å². The van der Waals surface area contributed by atoms with E-state index >= 15 is 0 Å². The Hall–Kier alpha value is -2.80. The summed E-state index contributed by atoms with van der Waals surface area (Å²) < 4.78 is 1.81. The molecule has 0 saturated heterocycles. The third kappa shape index (κ3) is 3.75. The van der Waals surface area contributed by atoms with E-state index < -0.39 is 0 Å². The first-order valence-corrected chi connectivity index (χ1v) is 9.96. The lowest BCUT2D eigenvalue weighted by atomic mass is 9.91. The number of anilines is 3. The van der Waals surface area contributed by atoms with Gasteiger partial charge in [0.2, 0.25) is 0 Å². The number of benzene rings is 1. The van der Waals surface area contributed by atoms with Crippen molar-refractivity contribution in [3.63, 3.8) is 0 Å². The SMILES string of the molecule is CC(C)c1c(NC2CCC(N)CC2)nn2ccnc2c1Nc1ccc(O)cc1. The summed E-state index contributed by atoms with van der Waals surface area (Å²) in [5, 5.41) is 21.6. The van der Waals surface area contributed by atoms with E-state index in [9.17, 15) is 5.11 Å². The van der Waals surface area contributed by atoms with Gasteiger partial charge in [0.1, 0.15) is 5.75 Å². The standard InChI is InChI=1S/C21H28N6O/c1-13(2)18-19(24-15-7-9-17(28)10-8-15)21-23-11-12-27(21)26-20(18)25-16-5-3-14(22)4-6-16/h7-14,16,24,28H,3-6,22H2,1-2H3,(H,25,26). The van der Waals surface area contributed by atoms with Gasteiger partial charge in [-0.15, -0.1) is 5.10 Å². The predicted octanol–water partition coefficient (Wildman–Crippen LogP) is 3.98. The zero-order chi connectivity index (χ0) is 19.7. The fraction of sp³-hybridized carbons (Fsp3) is 0.429. The van der Waals surface area contributed by atoms with Crippen molar-refractivity contribution in [2.75, 3.05) is 10.6 Å². The molecule has 0 radical (unpaired) electrons. The zero-order valence-corrected chi connectivity index (χ0v) is 16.4. The summed E-state index contributed by atoms with van der Waals surface area (Å²) in [5.74, 6) is 1.39. The van der Waals surface area contributed by atoms with E-state index in [0.29, 0.717) is 12.1 Å². The molecule has 2 aromatic heterocycles. The van der Waals surface area contributed by atoms with Gasteiger partial charge in [-0.05, 0) is 55.9 Å². The number of aromatic nitrogens is 3. The van der Waals surface area contributed by atoms with Gasteiger partial charge in [-0.3, -0.25) is 0 Å². The molecule has 1 fully saturated rings. The Kier molecular flexibility index (Phi) is 5.09. The van der Waals surface area contributed by atoms with Gasteiger partial charge in [-0.25, -0.2) is 9.50 Å². The maximum Gasteiger partial charge on any atom is 0.177 e. The summed E-state index contributed by atoms with van der Waals surface area (Å²) in [6.07, 6.45) is 7.83. The molecule has 0 spiro atoms. The number of nitrogens with zero attached hydrogens (tertiary/aromatic N) is 3. The number of nitrogens with two attached hydrogens (primary N) is 1. The highest BCUT2D eigenvalue weighted by atomic mass is 16.3. The molecule has 4 rings (SSSR count). The van der Waals surface area contributed by atoms with Crippen LogP contribution in [0.3, 0.4) is 0 Å². The fourth-order valence-corrected chi connectivity index (χ4v) is 3.90. The first-order chi connectivity index (χ1) is 13.5. The molecule has 0 unspecified atom stereocenters. The zero-order valence-electron chi connectivity index (χ0n) is 16.4. The number of imidazole rings is 1. The Labute approximate surface area is 165 Å². The maximum absolute atomic E-state index is 9.58. The molecule has 0 bridgehead atoms. The molecule has 0 amide bonds. The number of aromatic hydroxyl groups is 1. The van der Waals surface area contributed by atoms with E-state index in [0.717, 1.165) is 54.1 Å². The quantitative estimate of drug-likeness (QED) is 0.500. The van der Waals surface area contributed by atoms with Crippen molar-refractivity contribution < 1.29 is 5.11 Å². The van der Waals surface area contributed by atoms with Crippen molar-refractivity contribution in [1.29, 1.82) is 0 Å². The largest absolute Gasteiger partial charge is 0.508 e. The summed E-state index contributed by atoms with van der Waals surface area (Å²) >= 11 is 0. The minimum atomic E-state index is 0.244. The van der Waals surface area contributed by atoms with Crippen LogP contribution in [0, 0.1) is 0 Å². The number of phenolic OH excluding ortho intramolecular Hbond substituents is 1.